The third-order valence-electron chi connectivity index (χ3n) is 4.45. The molecule has 1 aromatic carbocycles. The molecule has 2 aromatic rings. The van der Waals surface area contributed by atoms with Crippen molar-refractivity contribution in [3.05, 3.63) is 45.9 Å². The molecule has 10 heteroatoms. The van der Waals surface area contributed by atoms with Gasteiger partial charge >= 0.3 is 5.82 Å². The van der Waals surface area contributed by atoms with Gasteiger partial charge in [-0.25, -0.2) is 8.78 Å². The topological polar surface area (TPSA) is 93.3 Å². The molecule has 0 unspecified atom stereocenters. The Bertz CT molecular complexity index is 854. The molecular formula is C17H19F2N5O3. The number of hydrogen-bond donors (Lipinski definition) is 1. The van der Waals surface area contributed by atoms with E-state index in [9.17, 15) is 23.7 Å². The van der Waals surface area contributed by atoms with Crippen LogP contribution >= 0.6 is 0 Å². The standard InChI is InChI=1S/C17H19F2N5O3/c1-11-20-15(24(26)27)10-23(11)7-4-16(25)21-12-8-13(18)17(14(19)9-12)22-5-2-3-6-22/h8-10H,2-7H2,1H3,(H,21,25). The van der Waals surface area contributed by atoms with Crippen LogP contribution in [0.25, 0.3) is 0 Å². The van der Waals surface area contributed by atoms with Crippen molar-refractivity contribution in [1.29, 1.82) is 0 Å². The molecule has 1 fully saturated rings. The van der Waals surface area contributed by atoms with Crippen molar-refractivity contribution < 1.29 is 18.5 Å². The molecule has 0 atom stereocenters. The van der Waals surface area contributed by atoms with E-state index in [0.29, 0.717) is 18.9 Å². The van der Waals surface area contributed by atoms with E-state index < -0.39 is 22.5 Å². The molecule has 2 heterocycles. The van der Waals surface area contributed by atoms with Crippen molar-refractivity contribution in [2.45, 2.75) is 32.7 Å². The molecule has 0 saturated carbocycles. The fourth-order valence-corrected chi connectivity index (χ4v) is 3.13. The van der Waals surface area contributed by atoms with Crippen LogP contribution in [0.1, 0.15) is 25.1 Å². The van der Waals surface area contributed by atoms with Gasteiger partial charge in [-0.3, -0.25) is 4.79 Å². The highest BCUT2D eigenvalue weighted by molar-refractivity contribution is 5.90. The molecule has 3 rings (SSSR count). The maximum atomic E-state index is 14.3. The average molecular weight is 379 g/mol. The summed E-state index contributed by atoms with van der Waals surface area (Å²) in [6.07, 6.45) is 3.00. The molecule has 27 heavy (non-hydrogen) atoms. The lowest BCUT2D eigenvalue weighted by molar-refractivity contribution is -0.389. The van der Waals surface area contributed by atoms with E-state index in [2.05, 4.69) is 10.3 Å². The lowest BCUT2D eigenvalue weighted by Gasteiger charge is -2.19. The Labute approximate surface area is 153 Å². The van der Waals surface area contributed by atoms with Crippen LogP contribution < -0.4 is 10.2 Å². The summed E-state index contributed by atoms with van der Waals surface area (Å²) in [4.78, 5) is 27.6. The fourth-order valence-electron chi connectivity index (χ4n) is 3.13. The van der Waals surface area contributed by atoms with E-state index in [1.54, 1.807) is 11.8 Å². The number of carbonyl (C=O) groups excluding carboxylic acids is 1. The molecule has 0 bridgehead atoms. The van der Waals surface area contributed by atoms with Gasteiger partial charge in [0.05, 0.1) is 0 Å². The number of anilines is 2. The maximum absolute atomic E-state index is 14.3. The molecule has 0 spiro atoms. The number of halogens is 2. The van der Waals surface area contributed by atoms with Gasteiger partial charge in [-0.15, -0.1) is 0 Å². The lowest BCUT2D eigenvalue weighted by Crippen LogP contribution is -2.21. The third kappa shape index (κ3) is 4.21. The van der Waals surface area contributed by atoms with Crippen LogP contribution in [0, 0.1) is 28.7 Å². The Morgan fingerprint density at radius 3 is 2.48 bits per heavy atom. The van der Waals surface area contributed by atoms with E-state index in [4.69, 9.17) is 0 Å². The number of benzene rings is 1. The van der Waals surface area contributed by atoms with Crippen LogP contribution in [-0.4, -0.2) is 33.5 Å². The third-order valence-corrected chi connectivity index (χ3v) is 4.45. The van der Waals surface area contributed by atoms with Gasteiger partial charge in [0.2, 0.25) is 11.7 Å². The number of nitrogens with one attached hydrogen (secondary N) is 1. The first kappa shape index (κ1) is 18.7. The average Bonchev–Trinajstić information content (AvgIpc) is 3.22. The number of amides is 1. The second kappa shape index (κ2) is 7.68. The van der Waals surface area contributed by atoms with Gasteiger partial charge in [-0.1, -0.05) is 0 Å². The van der Waals surface area contributed by atoms with E-state index in [-0.39, 0.29) is 30.2 Å². The molecule has 0 aliphatic carbocycles. The van der Waals surface area contributed by atoms with Gasteiger partial charge in [0.1, 0.15) is 11.9 Å². The lowest BCUT2D eigenvalue weighted by atomic mass is 10.2. The number of nitro groups is 1. The number of nitrogens with zero attached hydrogens (tertiary/aromatic N) is 4. The summed E-state index contributed by atoms with van der Waals surface area (Å²) in [5.74, 6) is -1.78. The molecule has 8 nitrogen and oxygen atoms in total. The smallest absolute Gasteiger partial charge is 0.367 e. The monoisotopic (exact) mass is 379 g/mol. The zero-order valence-corrected chi connectivity index (χ0v) is 14.7. The Hall–Kier alpha value is -3.04. The fraction of sp³-hybridized carbons (Fsp3) is 0.412. The molecule has 1 N–H and O–H groups in total. The van der Waals surface area contributed by atoms with Crippen LogP contribution in [0.15, 0.2) is 18.3 Å². The first-order valence-electron chi connectivity index (χ1n) is 8.57. The number of rotatable bonds is 6. The molecule has 1 saturated heterocycles. The minimum Gasteiger partial charge on any atom is -0.367 e. The summed E-state index contributed by atoms with van der Waals surface area (Å²) in [5.41, 5.74) is -0.0295. The summed E-state index contributed by atoms with van der Waals surface area (Å²) < 4.78 is 30.1. The Balaban J connectivity index is 1.63. The minimum absolute atomic E-state index is 0.0224. The number of imidazole rings is 1. The highest BCUT2D eigenvalue weighted by Crippen LogP contribution is 2.29. The largest absolute Gasteiger partial charge is 0.381 e. The Morgan fingerprint density at radius 2 is 1.93 bits per heavy atom. The number of hydrogen-bond acceptors (Lipinski definition) is 5. The van der Waals surface area contributed by atoms with Crippen molar-refractivity contribution in [1.82, 2.24) is 9.55 Å². The molecule has 144 valence electrons. The summed E-state index contributed by atoms with van der Waals surface area (Å²) in [6.45, 7) is 2.97. The molecular weight excluding hydrogens is 360 g/mol. The summed E-state index contributed by atoms with van der Waals surface area (Å²) >= 11 is 0. The summed E-state index contributed by atoms with van der Waals surface area (Å²) in [5, 5.41) is 13.2. The van der Waals surface area contributed by atoms with E-state index in [1.165, 1.54) is 10.8 Å². The van der Waals surface area contributed by atoms with Crippen LogP contribution in [0.3, 0.4) is 0 Å². The summed E-state index contributed by atoms with van der Waals surface area (Å²) in [7, 11) is 0. The van der Waals surface area contributed by atoms with Gasteiger partial charge in [0.15, 0.2) is 11.6 Å². The van der Waals surface area contributed by atoms with Crippen molar-refractivity contribution in [2.75, 3.05) is 23.3 Å². The van der Waals surface area contributed by atoms with Crippen LogP contribution in [-0.2, 0) is 11.3 Å². The SMILES string of the molecule is Cc1nc([N+](=O)[O-])cn1CCC(=O)Nc1cc(F)c(N2CCCC2)c(F)c1. The van der Waals surface area contributed by atoms with Gasteiger partial charge in [-0.05, 0) is 34.9 Å². The molecule has 0 radical (unpaired) electrons. The van der Waals surface area contributed by atoms with E-state index in [1.807, 2.05) is 0 Å². The first-order valence-corrected chi connectivity index (χ1v) is 8.57. The zero-order chi connectivity index (χ0) is 19.6. The predicted molar refractivity (Wildman–Crippen MR) is 94.7 cm³/mol. The van der Waals surface area contributed by atoms with Crippen molar-refractivity contribution in [3.63, 3.8) is 0 Å². The second-order valence-corrected chi connectivity index (χ2v) is 6.38. The van der Waals surface area contributed by atoms with E-state index >= 15 is 0 Å². The zero-order valence-electron chi connectivity index (χ0n) is 14.7. The maximum Gasteiger partial charge on any atom is 0.381 e. The van der Waals surface area contributed by atoms with Crippen LogP contribution in [0.2, 0.25) is 0 Å². The molecule has 1 amide bonds. The van der Waals surface area contributed by atoms with Crippen LogP contribution in [0.4, 0.5) is 26.0 Å². The van der Waals surface area contributed by atoms with Crippen molar-refractivity contribution in [3.8, 4) is 0 Å². The van der Waals surface area contributed by atoms with Crippen molar-refractivity contribution >= 4 is 23.1 Å². The van der Waals surface area contributed by atoms with Crippen LogP contribution in [0.5, 0.6) is 0 Å². The number of aryl methyl sites for hydroxylation is 2. The predicted octanol–water partition coefficient (Wildman–Crippen LogP) is 3.01. The Kier molecular flexibility index (Phi) is 5.33. The second-order valence-electron chi connectivity index (χ2n) is 6.38. The number of aromatic nitrogens is 2. The Morgan fingerprint density at radius 1 is 1.30 bits per heavy atom. The molecule has 1 aliphatic rings. The molecule has 1 aromatic heterocycles. The quantitative estimate of drug-likeness (QED) is 0.615. The minimum atomic E-state index is -0.715. The normalized spacial score (nSPS) is 13.8. The van der Waals surface area contributed by atoms with Gasteiger partial charge in [0, 0.05) is 38.7 Å². The van der Waals surface area contributed by atoms with E-state index in [0.717, 1.165) is 25.0 Å². The van der Waals surface area contributed by atoms with Gasteiger partial charge < -0.3 is 24.9 Å². The first-order chi connectivity index (χ1) is 12.8. The highest BCUT2D eigenvalue weighted by atomic mass is 19.1. The van der Waals surface area contributed by atoms with Crippen molar-refractivity contribution in [2.24, 2.45) is 0 Å². The number of carbonyl (C=O) groups is 1. The van der Waals surface area contributed by atoms with Gasteiger partial charge in [0.25, 0.3) is 0 Å². The highest BCUT2D eigenvalue weighted by Gasteiger charge is 2.21. The summed E-state index contributed by atoms with van der Waals surface area (Å²) in [6, 6.07) is 2.20. The molecule has 1 aliphatic heterocycles. The van der Waals surface area contributed by atoms with Gasteiger partial charge in [-0.2, -0.15) is 0 Å².